The first-order valence-corrected chi connectivity index (χ1v) is 9.25. The van der Waals surface area contributed by atoms with Crippen molar-refractivity contribution in [1.29, 1.82) is 0 Å². The summed E-state index contributed by atoms with van der Waals surface area (Å²) in [6.07, 6.45) is 3.02. The predicted octanol–water partition coefficient (Wildman–Crippen LogP) is 4.39. The summed E-state index contributed by atoms with van der Waals surface area (Å²) < 4.78 is 11.3. The quantitative estimate of drug-likeness (QED) is 0.356. The van der Waals surface area contributed by atoms with E-state index in [1.54, 1.807) is 31.4 Å². The number of carbonyl (C=O) groups is 1. The van der Waals surface area contributed by atoms with Crippen LogP contribution in [0.25, 0.3) is 0 Å². The first-order chi connectivity index (χ1) is 14.1. The minimum Gasteiger partial charge on any atom is -0.493 e. The Morgan fingerprint density at radius 3 is 2.79 bits per heavy atom. The number of methoxy groups -OCH3 is 1. The third kappa shape index (κ3) is 5.56. The highest BCUT2D eigenvalue weighted by Crippen LogP contribution is 2.28. The zero-order valence-electron chi connectivity index (χ0n) is 16.1. The summed E-state index contributed by atoms with van der Waals surface area (Å²) in [7, 11) is 1.57. The van der Waals surface area contributed by atoms with E-state index in [1.165, 1.54) is 18.0 Å². The van der Waals surface area contributed by atoms with Crippen molar-refractivity contribution in [3.63, 3.8) is 0 Å². The molecule has 0 unspecified atom stereocenters. The van der Waals surface area contributed by atoms with Crippen LogP contribution in [-0.2, 0) is 6.61 Å². The molecular formula is C22H20ClN3O3. The number of nitrogens with zero attached hydrogens (tertiary/aromatic N) is 2. The molecule has 0 atom stereocenters. The third-order valence-electron chi connectivity index (χ3n) is 4.05. The highest BCUT2D eigenvalue weighted by atomic mass is 35.5. The minimum atomic E-state index is -0.440. The Labute approximate surface area is 174 Å². The molecule has 0 aliphatic heterocycles. The van der Waals surface area contributed by atoms with Gasteiger partial charge in [-0.15, -0.1) is 0 Å². The van der Waals surface area contributed by atoms with Crippen molar-refractivity contribution in [2.45, 2.75) is 13.5 Å². The lowest BCUT2D eigenvalue weighted by Gasteiger charge is -2.11. The lowest BCUT2D eigenvalue weighted by atomic mass is 10.1. The normalized spacial score (nSPS) is 10.7. The SMILES string of the molecule is COc1cc(C=NNC(=O)c2cccnc2Cl)ccc1OCc1cccc(C)c1. The molecular weight excluding hydrogens is 390 g/mol. The van der Waals surface area contributed by atoms with Gasteiger partial charge in [-0.05, 0) is 48.4 Å². The number of amides is 1. The molecule has 1 N–H and O–H groups in total. The molecule has 3 rings (SSSR count). The number of hydrogen-bond donors (Lipinski definition) is 1. The molecule has 0 radical (unpaired) electrons. The number of hydrogen-bond acceptors (Lipinski definition) is 5. The van der Waals surface area contributed by atoms with Gasteiger partial charge in [0, 0.05) is 6.20 Å². The van der Waals surface area contributed by atoms with Gasteiger partial charge >= 0.3 is 0 Å². The molecule has 1 aromatic heterocycles. The Balaban J connectivity index is 1.64. The Morgan fingerprint density at radius 1 is 1.17 bits per heavy atom. The molecule has 0 saturated heterocycles. The number of aromatic nitrogens is 1. The number of rotatable bonds is 7. The summed E-state index contributed by atoms with van der Waals surface area (Å²) >= 11 is 5.90. The van der Waals surface area contributed by atoms with Gasteiger partial charge in [0.15, 0.2) is 11.5 Å². The van der Waals surface area contributed by atoms with Gasteiger partial charge in [-0.2, -0.15) is 5.10 Å². The van der Waals surface area contributed by atoms with E-state index in [9.17, 15) is 4.79 Å². The van der Waals surface area contributed by atoms with Crippen LogP contribution in [0.2, 0.25) is 5.15 Å². The predicted molar refractivity (Wildman–Crippen MR) is 113 cm³/mol. The van der Waals surface area contributed by atoms with Crippen molar-refractivity contribution in [3.05, 3.63) is 88.2 Å². The lowest BCUT2D eigenvalue weighted by molar-refractivity contribution is 0.0955. The van der Waals surface area contributed by atoms with Gasteiger partial charge in [0.05, 0.1) is 18.9 Å². The molecule has 0 spiro atoms. The fourth-order valence-corrected chi connectivity index (χ4v) is 2.83. The van der Waals surface area contributed by atoms with Crippen LogP contribution >= 0.6 is 11.6 Å². The number of nitrogens with one attached hydrogen (secondary N) is 1. The van der Waals surface area contributed by atoms with E-state index < -0.39 is 5.91 Å². The summed E-state index contributed by atoms with van der Waals surface area (Å²) in [5.41, 5.74) is 5.68. The smallest absolute Gasteiger partial charge is 0.274 e. The standard InChI is InChI=1S/C22H20ClN3O3/c1-15-5-3-6-17(11-15)14-29-19-9-8-16(12-20(19)28-2)13-25-26-22(27)18-7-4-10-24-21(18)23/h3-13H,14H2,1-2H3,(H,26,27). The van der Waals surface area contributed by atoms with Gasteiger partial charge in [0.1, 0.15) is 11.8 Å². The van der Waals surface area contributed by atoms with Crippen LogP contribution in [0.5, 0.6) is 11.5 Å². The average Bonchev–Trinajstić information content (AvgIpc) is 2.73. The number of ether oxygens (including phenoxy) is 2. The molecule has 7 heteroatoms. The van der Waals surface area contributed by atoms with Gasteiger partial charge in [0.2, 0.25) is 0 Å². The number of carbonyl (C=O) groups excluding carboxylic acids is 1. The van der Waals surface area contributed by atoms with Gasteiger partial charge in [-0.3, -0.25) is 4.79 Å². The highest BCUT2D eigenvalue weighted by molar-refractivity contribution is 6.32. The molecule has 0 fully saturated rings. The maximum atomic E-state index is 12.1. The maximum absolute atomic E-state index is 12.1. The molecule has 1 heterocycles. The Kier molecular flexibility index (Phi) is 6.81. The Bertz CT molecular complexity index is 1040. The van der Waals surface area contributed by atoms with Crippen LogP contribution in [0, 0.1) is 6.92 Å². The number of pyridine rings is 1. The van der Waals surface area contributed by atoms with Crippen molar-refractivity contribution in [3.8, 4) is 11.5 Å². The molecule has 1 amide bonds. The van der Waals surface area contributed by atoms with E-state index >= 15 is 0 Å². The molecule has 0 bridgehead atoms. The van der Waals surface area contributed by atoms with Crippen molar-refractivity contribution < 1.29 is 14.3 Å². The molecule has 2 aromatic carbocycles. The topological polar surface area (TPSA) is 72.8 Å². The van der Waals surface area contributed by atoms with E-state index in [1.807, 2.05) is 31.2 Å². The van der Waals surface area contributed by atoms with Crippen molar-refractivity contribution >= 4 is 23.7 Å². The van der Waals surface area contributed by atoms with Gasteiger partial charge in [-0.1, -0.05) is 41.4 Å². The van der Waals surface area contributed by atoms with Crippen LogP contribution in [-0.4, -0.2) is 24.2 Å². The second kappa shape index (κ2) is 9.71. The summed E-state index contributed by atoms with van der Waals surface area (Å²) in [4.78, 5) is 15.9. The van der Waals surface area contributed by atoms with Crippen LogP contribution in [0.15, 0.2) is 65.9 Å². The number of aryl methyl sites for hydroxylation is 1. The fraction of sp³-hybridized carbons (Fsp3) is 0.136. The Hall–Kier alpha value is -3.38. The highest BCUT2D eigenvalue weighted by Gasteiger charge is 2.09. The second-order valence-electron chi connectivity index (χ2n) is 6.23. The lowest BCUT2D eigenvalue weighted by Crippen LogP contribution is -2.18. The van der Waals surface area contributed by atoms with Crippen LogP contribution in [0.4, 0.5) is 0 Å². The van der Waals surface area contributed by atoms with E-state index in [4.69, 9.17) is 21.1 Å². The largest absolute Gasteiger partial charge is 0.493 e. The third-order valence-corrected chi connectivity index (χ3v) is 4.35. The van der Waals surface area contributed by atoms with Crippen molar-refractivity contribution in [2.75, 3.05) is 7.11 Å². The monoisotopic (exact) mass is 409 g/mol. The molecule has 29 heavy (non-hydrogen) atoms. The molecule has 6 nitrogen and oxygen atoms in total. The first kappa shape index (κ1) is 20.4. The van der Waals surface area contributed by atoms with Gasteiger partial charge < -0.3 is 9.47 Å². The zero-order valence-corrected chi connectivity index (χ0v) is 16.8. The summed E-state index contributed by atoms with van der Waals surface area (Å²) in [6, 6.07) is 16.7. The van der Waals surface area contributed by atoms with Crippen molar-refractivity contribution in [2.24, 2.45) is 5.10 Å². The first-order valence-electron chi connectivity index (χ1n) is 8.87. The molecule has 0 aliphatic rings. The minimum absolute atomic E-state index is 0.122. The number of halogens is 1. The molecule has 0 saturated carbocycles. The maximum Gasteiger partial charge on any atom is 0.274 e. The second-order valence-corrected chi connectivity index (χ2v) is 6.59. The van der Waals surface area contributed by atoms with E-state index in [0.29, 0.717) is 18.1 Å². The van der Waals surface area contributed by atoms with Crippen LogP contribution in [0.3, 0.4) is 0 Å². The van der Waals surface area contributed by atoms with Crippen LogP contribution in [0.1, 0.15) is 27.0 Å². The Morgan fingerprint density at radius 2 is 2.03 bits per heavy atom. The zero-order chi connectivity index (χ0) is 20.6. The molecule has 3 aromatic rings. The van der Waals surface area contributed by atoms with E-state index in [-0.39, 0.29) is 10.7 Å². The molecule has 0 aliphatic carbocycles. The summed E-state index contributed by atoms with van der Waals surface area (Å²) in [6.45, 7) is 2.48. The van der Waals surface area contributed by atoms with Gasteiger partial charge in [0.25, 0.3) is 5.91 Å². The van der Waals surface area contributed by atoms with Crippen LogP contribution < -0.4 is 14.9 Å². The van der Waals surface area contributed by atoms with Gasteiger partial charge in [-0.25, -0.2) is 10.4 Å². The number of hydrazone groups is 1. The van der Waals surface area contributed by atoms with E-state index in [2.05, 4.69) is 21.6 Å². The number of benzene rings is 2. The molecule has 148 valence electrons. The van der Waals surface area contributed by atoms with E-state index in [0.717, 1.165) is 11.1 Å². The average molecular weight is 410 g/mol. The van der Waals surface area contributed by atoms with Crippen molar-refractivity contribution in [1.82, 2.24) is 10.4 Å². The summed E-state index contributed by atoms with van der Waals surface area (Å²) in [5, 5.41) is 4.08. The fourth-order valence-electron chi connectivity index (χ4n) is 2.63. The summed E-state index contributed by atoms with van der Waals surface area (Å²) in [5.74, 6) is 0.755.